The summed E-state index contributed by atoms with van der Waals surface area (Å²) >= 11 is 6.87. The maximum atomic E-state index is 13.2. The second kappa shape index (κ2) is 12.2. The van der Waals surface area contributed by atoms with E-state index in [9.17, 15) is 4.79 Å². The van der Waals surface area contributed by atoms with Gasteiger partial charge in [-0.15, -0.1) is 0 Å². The van der Waals surface area contributed by atoms with E-state index in [2.05, 4.69) is 6.92 Å². The van der Waals surface area contributed by atoms with Crippen LogP contribution >= 0.6 is 24.0 Å². The van der Waals surface area contributed by atoms with E-state index in [1.165, 1.54) is 43.9 Å². The minimum Gasteiger partial charge on any atom is -0.493 e. The van der Waals surface area contributed by atoms with E-state index in [1.54, 1.807) is 12.0 Å². The molecule has 0 spiro atoms. The Balaban J connectivity index is 1.68. The molecule has 0 aromatic heterocycles. The highest BCUT2D eigenvalue weighted by Crippen LogP contribution is 2.38. The van der Waals surface area contributed by atoms with Gasteiger partial charge in [-0.2, -0.15) is 0 Å². The number of thioether (sulfide) groups is 1. The van der Waals surface area contributed by atoms with Gasteiger partial charge >= 0.3 is 0 Å². The van der Waals surface area contributed by atoms with Crippen LogP contribution in [-0.4, -0.2) is 23.9 Å². The predicted octanol–water partition coefficient (Wildman–Crippen LogP) is 7.46. The summed E-state index contributed by atoms with van der Waals surface area (Å²) in [5.74, 6) is 1.30. The number of rotatable bonds is 11. The number of thiocarbonyl (C=S) groups is 1. The number of carbonyl (C=O) groups excluding carboxylic acids is 1. The lowest BCUT2D eigenvalue weighted by molar-refractivity contribution is -0.113. The molecule has 0 unspecified atom stereocenters. The number of unbranched alkanes of at least 4 members (excludes halogenated alkanes) is 5. The highest BCUT2D eigenvalue weighted by molar-refractivity contribution is 8.27. The Morgan fingerprint density at radius 3 is 2.52 bits per heavy atom. The van der Waals surface area contributed by atoms with Crippen molar-refractivity contribution in [3.05, 3.63) is 58.0 Å². The SMILES string of the molecule is CCCCCCCCOc1ccc(C=C2SC(=S)N(c3cc(C)ccc3C)C2=O)cc1OC. The number of methoxy groups -OCH3 is 1. The van der Waals surface area contributed by atoms with Crippen molar-refractivity contribution < 1.29 is 14.3 Å². The lowest BCUT2D eigenvalue weighted by atomic mass is 10.1. The molecule has 33 heavy (non-hydrogen) atoms. The second-order valence-electron chi connectivity index (χ2n) is 8.33. The summed E-state index contributed by atoms with van der Waals surface area (Å²) in [7, 11) is 1.64. The number of aryl methyl sites for hydroxylation is 2. The third kappa shape index (κ3) is 6.61. The molecule has 1 amide bonds. The average Bonchev–Trinajstić information content (AvgIpc) is 3.08. The summed E-state index contributed by atoms with van der Waals surface area (Å²) in [6, 6.07) is 11.8. The van der Waals surface area contributed by atoms with Crippen LogP contribution in [-0.2, 0) is 4.79 Å². The van der Waals surface area contributed by atoms with Crippen LogP contribution in [0, 0.1) is 13.8 Å². The van der Waals surface area contributed by atoms with Gasteiger partial charge in [-0.05, 0) is 61.2 Å². The number of nitrogens with zero attached hydrogens (tertiary/aromatic N) is 1. The van der Waals surface area contributed by atoms with Crippen molar-refractivity contribution in [1.82, 2.24) is 0 Å². The Morgan fingerprint density at radius 2 is 1.76 bits per heavy atom. The van der Waals surface area contributed by atoms with Gasteiger partial charge in [-0.3, -0.25) is 9.69 Å². The van der Waals surface area contributed by atoms with Crippen LogP contribution in [0.15, 0.2) is 41.3 Å². The molecule has 0 atom stereocenters. The zero-order valence-electron chi connectivity index (χ0n) is 20.0. The highest BCUT2D eigenvalue weighted by atomic mass is 32.2. The smallest absolute Gasteiger partial charge is 0.270 e. The average molecular weight is 484 g/mol. The van der Waals surface area contributed by atoms with Gasteiger partial charge in [-0.1, -0.05) is 81.2 Å². The molecular weight excluding hydrogens is 450 g/mol. The molecule has 0 N–H and O–H groups in total. The molecule has 0 bridgehead atoms. The van der Waals surface area contributed by atoms with Crippen molar-refractivity contribution in [3.8, 4) is 11.5 Å². The molecule has 176 valence electrons. The Bertz CT molecular complexity index is 1030. The summed E-state index contributed by atoms with van der Waals surface area (Å²) in [6.07, 6.45) is 9.20. The molecule has 1 heterocycles. The summed E-state index contributed by atoms with van der Waals surface area (Å²) in [5, 5.41) is 0. The molecule has 0 saturated carbocycles. The molecule has 1 saturated heterocycles. The number of hydrogen-bond donors (Lipinski definition) is 0. The van der Waals surface area contributed by atoms with Crippen LogP contribution in [0.3, 0.4) is 0 Å². The first-order valence-corrected chi connectivity index (χ1v) is 12.8. The first-order valence-electron chi connectivity index (χ1n) is 11.6. The fourth-order valence-corrected chi connectivity index (χ4v) is 5.03. The van der Waals surface area contributed by atoms with Crippen LogP contribution in [0.1, 0.15) is 62.1 Å². The summed E-state index contributed by atoms with van der Waals surface area (Å²) < 4.78 is 12.0. The third-order valence-corrected chi connectivity index (χ3v) is 6.94. The molecule has 6 heteroatoms. The minimum absolute atomic E-state index is 0.0962. The van der Waals surface area contributed by atoms with Gasteiger partial charge in [0.2, 0.25) is 0 Å². The summed E-state index contributed by atoms with van der Waals surface area (Å²) in [5.41, 5.74) is 3.83. The van der Waals surface area contributed by atoms with Crippen molar-refractivity contribution in [2.24, 2.45) is 0 Å². The van der Waals surface area contributed by atoms with Crippen molar-refractivity contribution >= 4 is 46.0 Å². The maximum absolute atomic E-state index is 13.2. The predicted molar refractivity (Wildman–Crippen MR) is 143 cm³/mol. The molecule has 2 aromatic rings. The van der Waals surface area contributed by atoms with Gasteiger partial charge in [0, 0.05) is 0 Å². The van der Waals surface area contributed by atoms with Gasteiger partial charge < -0.3 is 9.47 Å². The number of carbonyl (C=O) groups is 1. The van der Waals surface area contributed by atoms with E-state index in [1.807, 2.05) is 56.3 Å². The van der Waals surface area contributed by atoms with Crippen molar-refractivity contribution in [3.63, 3.8) is 0 Å². The van der Waals surface area contributed by atoms with E-state index in [0.717, 1.165) is 34.5 Å². The molecule has 1 fully saturated rings. The van der Waals surface area contributed by atoms with Crippen molar-refractivity contribution in [2.45, 2.75) is 59.3 Å². The van der Waals surface area contributed by atoms with Crippen LogP contribution in [0.5, 0.6) is 11.5 Å². The molecule has 3 rings (SSSR count). The van der Waals surface area contributed by atoms with Gasteiger partial charge in [-0.25, -0.2) is 0 Å². The number of benzene rings is 2. The Morgan fingerprint density at radius 1 is 1.00 bits per heavy atom. The largest absolute Gasteiger partial charge is 0.493 e. The molecular formula is C27H33NO3S2. The fourth-order valence-electron chi connectivity index (χ4n) is 3.74. The number of hydrogen-bond acceptors (Lipinski definition) is 5. The van der Waals surface area contributed by atoms with Crippen molar-refractivity contribution in [1.29, 1.82) is 0 Å². The van der Waals surface area contributed by atoms with Crippen LogP contribution < -0.4 is 14.4 Å². The second-order valence-corrected chi connectivity index (χ2v) is 10.0. The molecule has 2 aromatic carbocycles. The van der Waals surface area contributed by atoms with Gasteiger partial charge in [0.1, 0.15) is 0 Å². The quantitative estimate of drug-likeness (QED) is 0.188. The summed E-state index contributed by atoms with van der Waals surface area (Å²) in [4.78, 5) is 15.4. The van der Waals surface area contributed by atoms with Crippen LogP contribution in [0.25, 0.3) is 6.08 Å². The zero-order valence-corrected chi connectivity index (χ0v) is 21.6. The van der Waals surface area contributed by atoms with Gasteiger partial charge in [0.05, 0.1) is 24.3 Å². The Labute approximate surface area is 207 Å². The fraction of sp³-hybridized carbons (Fsp3) is 0.407. The molecule has 1 aliphatic heterocycles. The van der Waals surface area contributed by atoms with Crippen LogP contribution in [0.4, 0.5) is 5.69 Å². The minimum atomic E-state index is -0.0962. The normalized spacial score (nSPS) is 14.9. The highest BCUT2D eigenvalue weighted by Gasteiger charge is 2.34. The van der Waals surface area contributed by atoms with E-state index in [-0.39, 0.29) is 5.91 Å². The lowest BCUT2D eigenvalue weighted by Crippen LogP contribution is -2.28. The standard InChI is InChI=1S/C27H33NO3S2/c1-5-6-7-8-9-10-15-31-23-14-13-21(17-24(23)30-4)18-25-26(29)28(27(32)33-25)22-16-19(2)11-12-20(22)3/h11-14,16-18H,5-10,15H2,1-4H3. The number of anilines is 1. The van der Waals surface area contributed by atoms with E-state index in [0.29, 0.717) is 21.6 Å². The monoisotopic (exact) mass is 483 g/mol. The Kier molecular flexibility index (Phi) is 9.39. The first-order chi connectivity index (χ1) is 15.9. The third-order valence-electron chi connectivity index (χ3n) is 5.64. The van der Waals surface area contributed by atoms with Gasteiger partial charge in [0.25, 0.3) is 5.91 Å². The van der Waals surface area contributed by atoms with E-state index in [4.69, 9.17) is 21.7 Å². The van der Waals surface area contributed by atoms with Crippen LogP contribution in [0.2, 0.25) is 0 Å². The molecule has 4 nitrogen and oxygen atoms in total. The zero-order chi connectivity index (χ0) is 23.8. The maximum Gasteiger partial charge on any atom is 0.270 e. The number of ether oxygens (including phenoxy) is 2. The van der Waals surface area contributed by atoms with Gasteiger partial charge in [0.15, 0.2) is 15.8 Å². The topological polar surface area (TPSA) is 38.8 Å². The molecule has 0 aliphatic carbocycles. The summed E-state index contributed by atoms with van der Waals surface area (Å²) in [6.45, 7) is 6.91. The lowest BCUT2D eigenvalue weighted by Gasteiger charge is -2.17. The molecule has 1 aliphatic rings. The first kappa shape index (κ1) is 25.3. The van der Waals surface area contributed by atoms with E-state index < -0.39 is 0 Å². The van der Waals surface area contributed by atoms with E-state index >= 15 is 0 Å². The Hall–Kier alpha value is -2.31. The number of amides is 1. The van der Waals surface area contributed by atoms with Crippen molar-refractivity contribution in [2.75, 3.05) is 18.6 Å². The molecule has 0 radical (unpaired) electrons.